The third kappa shape index (κ3) is 4.72. The summed E-state index contributed by atoms with van der Waals surface area (Å²) in [7, 11) is 0. The van der Waals surface area contributed by atoms with E-state index < -0.39 is 40.1 Å². The van der Waals surface area contributed by atoms with E-state index in [1.165, 1.54) is 0 Å². The van der Waals surface area contributed by atoms with Gasteiger partial charge in [0.15, 0.2) is 23.9 Å². The fourth-order valence-electron chi connectivity index (χ4n) is 11.5. The molecule has 10 atom stereocenters. The molecule has 1 aromatic heterocycles. The first-order valence-corrected chi connectivity index (χ1v) is 17.4. The first kappa shape index (κ1) is 33.9. The molecular weight excluding hydrogens is 600 g/mol. The number of aliphatic carboxylic acids is 1. The summed E-state index contributed by atoms with van der Waals surface area (Å²) in [6.07, 6.45) is 9.94. The monoisotopic (exact) mass is 652 g/mol. The van der Waals surface area contributed by atoms with Gasteiger partial charge in [0.1, 0.15) is 0 Å². The van der Waals surface area contributed by atoms with E-state index in [0.717, 1.165) is 37.7 Å². The SMILES string of the molecule is C=CCO[C@H]1CC[C@@]2(C)[C@@H](CC[C@]3(C)[C@@H]2C(=O)C=C2[C@@H]4C[C@@](C)(C(=O)O)CC[C@]4(C)CC[C@]23C)[C@]1(C)C(=O)OCc1oc(=O)oc1C. The second-order valence-corrected chi connectivity index (χ2v) is 17.0. The first-order chi connectivity index (χ1) is 21.9. The number of carbonyl (C=O) groups is 3. The summed E-state index contributed by atoms with van der Waals surface area (Å²) in [5.41, 5.74) is -1.90. The van der Waals surface area contributed by atoms with Crippen LogP contribution in [0.25, 0.3) is 0 Å². The highest BCUT2D eigenvalue weighted by Gasteiger charge is 2.72. The van der Waals surface area contributed by atoms with E-state index in [0.29, 0.717) is 25.7 Å². The van der Waals surface area contributed by atoms with Gasteiger partial charge in [-0.25, -0.2) is 4.79 Å². The van der Waals surface area contributed by atoms with Gasteiger partial charge in [-0.1, -0.05) is 39.3 Å². The Hall–Kier alpha value is -2.94. The molecular formula is C38H52O9. The van der Waals surface area contributed by atoms with Crippen molar-refractivity contribution in [2.24, 2.45) is 50.2 Å². The van der Waals surface area contributed by atoms with Crippen molar-refractivity contribution in [1.29, 1.82) is 0 Å². The predicted octanol–water partition coefficient (Wildman–Crippen LogP) is 7.20. The van der Waals surface area contributed by atoms with Gasteiger partial charge in [0.05, 0.1) is 23.5 Å². The zero-order chi connectivity index (χ0) is 34.4. The van der Waals surface area contributed by atoms with Crippen molar-refractivity contribution in [2.75, 3.05) is 6.61 Å². The van der Waals surface area contributed by atoms with Crippen LogP contribution in [0.4, 0.5) is 0 Å². The van der Waals surface area contributed by atoms with E-state index in [9.17, 15) is 24.3 Å². The Labute approximate surface area is 277 Å². The highest BCUT2D eigenvalue weighted by atomic mass is 16.6. The van der Waals surface area contributed by atoms with Crippen LogP contribution < -0.4 is 5.82 Å². The lowest BCUT2D eigenvalue weighted by Gasteiger charge is -2.70. The summed E-state index contributed by atoms with van der Waals surface area (Å²) in [5.74, 6) is -1.97. The molecule has 5 aliphatic rings. The molecule has 9 nitrogen and oxygen atoms in total. The second-order valence-electron chi connectivity index (χ2n) is 17.0. The summed E-state index contributed by atoms with van der Waals surface area (Å²) in [5, 5.41) is 10.2. The van der Waals surface area contributed by atoms with Crippen LogP contribution in [0.2, 0.25) is 0 Å². The van der Waals surface area contributed by atoms with Crippen LogP contribution in [0.3, 0.4) is 0 Å². The van der Waals surface area contributed by atoms with Gasteiger partial charge >= 0.3 is 17.8 Å². The molecule has 9 heteroatoms. The van der Waals surface area contributed by atoms with Crippen molar-refractivity contribution in [1.82, 2.24) is 0 Å². The Morgan fingerprint density at radius 3 is 2.34 bits per heavy atom. The number of allylic oxidation sites excluding steroid dienone is 2. The molecule has 4 saturated carbocycles. The van der Waals surface area contributed by atoms with Crippen LogP contribution in [0, 0.1) is 57.2 Å². The number of hydrogen-bond donors (Lipinski definition) is 1. The van der Waals surface area contributed by atoms with Crippen molar-refractivity contribution in [3.63, 3.8) is 0 Å². The van der Waals surface area contributed by atoms with Gasteiger partial charge in [0.25, 0.3) is 0 Å². The molecule has 0 radical (unpaired) electrons. The topological polar surface area (TPSA) is 133 Å². The van der Waals surface area contributed by atoms with Crippen molar-refractivity contribution >= 4 is 17.7 Å². The largest absolute Gasteiger partial charge is 0.519 e. The van der Waals surface area contributed by atoms with Crippen molar-refractivity contribution < 1.29 is 37.8 Å². The van der Waals surface area contributed by atoms with E-state index in [2.05, 4.69) is 34.3 Å². The molecule has 5 aliphatic carbocycles. The van der Waals surface area contributed by atoms with Crippen molar-refractivity contribution in [3.8, 4) is 0 Å². The lowest BCUT2D eigenvalue weighted by atomic mass is 9.33. The fraction of sp³-hybridized carbons (Fsp3) is 0.737. The molecule has 0 aromatic carbocycles. The zero-order valence-corrected chi connectivity index (χ0v) is 29.2. The minimum absolute atomic E-state index is 0.0275. The van der Waals surface area contributed by atoms with Crippen LogP contribution in [0.5, 0.6) is 0 Å². The summed E-state index contributed by atoms with van der Waals surface area (Å²) in [6.45, 7) is 18.4. The Morgan fingerprint density at radius 2 is 1.70 bits per heavy atom. The number of esters is 1. The van der Waals surface area contributed by atoms with Gasteiger partial charge in [-0.15, -0.1) is 6.58 Å². The maximum absolute atomic E-state index is 14.7. The number of aryl methyl sites for hydroxylation is 1. The molecule has 1 N–H and O–H groups in total. The van der Waals surface area contributed by atoms with Crippen LogP contribution in [0.15, 0.2) is 37.9 Å². The van der Waals surface area contributed by atoms with Gasteiger partial charge in [0, 0.05) is 5.92 Å². The third-order valence-corrected chi connectivity index (χ3v) is 14.7. The van der Waals surface area contributed by atoms with Crippen LogP contribution in [-0.4, -0.2) is 35.5 Å². The highest BCUT2D eigenvalue weighted by molar-refractivity contribution is 5.96. The third-order valence-electron chi connectivity index (χ3n) is 14.7. The molecule has 0 amide bonds. The Kier molecular flexibility index (Phi) is 7.97. The summed E-state index contributed by atoms with van der Waals surface area (Å²) in [6, 6.07) is 0. The number of fused-ring (bicyclic) bond motifs is 7. The van der Waals surface area contributed by atoms with Gasteiger partial charge in [-0.2, -0.15) is 0 Å². The average molecular weight is 653 g/mol. The van der Waals surface area contributed by atoms with Crippen molar-refractivity contribution in [2.45, 2.75) is 119 Å². The zero-order valence-electron chi connectivity index (χ0n) is 29.2. The number of carboxylic acid groups (broad SMARTS) is 1. The highest BCUT2D eigenvalue weighted by Crippen LogP contribution is 2.75. The molecule has 0 bridgehead atoms. The normalized spacial score (nSPS) is 44.2. The molecule has 258 valence electrons. The lowest BCUT2D eigenvalue weighted by Crippen LogP contribution is -2.68. The molecule has 1 aromatic rings. The number of ether oxygens (including phenoxy) is 2. The molecule has 0 aliphatic heterocycles. The minimum Gasteiger partial charge on any atom is -0.481 e. The van der Waals surface area contributed by atoms with Gasteiger partial charge in [-0.3, -0.25) is 14.4 Å². The molecule has 6 rings (SSSR count). The summed E-state index contributed by atoms with van der Waals surface area (Å²) >= 11 is 0. The average Bonchev–Trinajstić information content (AvgIpc) is 3.33. The lowest BCUT2D eigenvalue weighted by molar-refractivity contribution is -0.223. The standard InChI is InChI=1S/C38H52O9/c1-9-18-44-28-11-12-35(5)27(38(28,8)31(42)45-21-26-22(2)46-32(43)47-26)10-13-37(7)29(35)25(39)19-23-24-20-34(4,30(40)41)15-14-33(24,3)16-17-36(23,37)6/h9,19,24,27-29H,1,10-18,20-21H2,2-8H3,(H,40,41)/t24-,27+,28-,29+,33+,34-,35-,36+,37+,38-/m0/s1. The van der Waals surface area contributed by atoms with E-state index >= 15 is 0 Å². The maximum Gasteiger partial charge on any atom is 0.519 e. The van der Waals surface area contributed by atoms with E-state index in [1.54, 1.807) is 13.0 Å². The van der Waals surface area contributed by atoms with Gasteiger partial charge < -0.3 is 23.4 Å². The minimum atomic E-state index is -1.07. The Bertz CT molecular complexity index is 1580. The molecule has 47 heavy (non-hydrogen) atoms. The molecule has 0 unspecified atom stereocenters. The summed E-state index contributed by atoms with van der Waals surface area (Å²) < 4.78 is 22.3. The van der Waals surface area contributed by atoms with Crippen LogP contribution >= 0.6 is 0 Å². The second kappa shape index (κ2) is 11.0. The number of rotatable bonds is 7. The predicted molar refractivity (Wildman–Crippen MR) is 173 cm³/mol. The van der Waals surface area contributed by atoms with E-state index in [4.69, 9.17) is 18.3 Å². The molecule has 0 saturated heterocycles. The van der Waals surface area contributed by atoms with Crippen LogP contribution in [-0.2, 0) is 30.5 Å². The smallest absolute Gasteiger partial charge is 0.481 e. The molecule has 4 fully saturated rings. The molecule has 1 heterocycles. The Balaban J connectivity index is 1.39. The number of ketones is 1. The fourth-order valence-corrected chi connectivity index (χ4v) is 11.5. The van der Waals surface area contributed by atoms with Gasteiger partial charge in [0.2, 0.25) is 0 Å². The van der Waals surface area contributed by atoms with E-state index in [1.807, 2.05) is 19.9 Å². The van der Waals surface area contributed by atoms with Crippen LogP contribution in [0.1, 0.15) is 111 Å². The number of carbonyl (C=O) groups excluding carboxylic acids is 2. The van der Waals surface area contributed by atoms with Gasteiger partial charge in [-0.05, 0) is 118 Å². The molecule has 0 spiro atoms. The number of carboxylic acids is 1. The number of hydrogen-bond acceptors (Lipinski definition) is 8. The van der Waals surface area contributed by atoms with E-state index in [-0.39, 0.29) is 64.5 Å². The Morgan fingerprint density at radius 1 is 1.00 bits per heavy atom. The quantitative estimate of drug-likeness (QED) is 0.240. The maximum atomic E-state index is 14.7. The first-order valence-electron chi connectivity index (χ1n) is 17.4. The summed E-state index contributed by atoms with van der Waals surface area (Å²) in [4.78, 5) is 53.1. The van der Waals surface area contributed by atoms with Crippen molar-refractivity contribution in [3.05, 3.63) is 46.4 Å².